The second kappa shape index (κ2) is 8.47. The SMILES string of the molecule is COCC1(COc2cnc(NC(C)=O)cc2Nc2cc(C)nc(C(C)(F)F)n2)CC1. The number of alkyl halides is 2. The first-order valence-electron chi connectivity index (χ1n) is 9.51. The maximum Gasteiger partial charge on any atom is 0.303 e. The monoisotopic (exact) mass is 421 g/mol. The molecule has 2 aromatic rings. The zero-order chi connectivity index (χ0) is 21.9. The number of anilines is 3. The Morgan fingerprint density at radius 1 is 1.23 bits per heavy atom. The second-order valence-electron chi connectivity index (χ2n) is 7.70. The van der Waals surface area contributed by atoms with Gasteiger partial charge in [0.2, 0.25) is 11.7 Å². The zero-order valence-electron chi connectivity index (χ0n) is 17.4. The van der Waals surface area contributed by atoms with Gasteiger partial charge in [-0.1, -0.05) is 0 Å². The van der Waals surface area contributed by atoms with Crippen LogP contribution in [0.2, 0.25) is 0 Å². The largest absolute Gasteiger partial charge is 0.489 e. The van der Waals surface area contributed by atoms with Crippen LogP contribution >= 0.6 is 0 Å². The average molecular weight is 421 g/mol. The fourth-order valence-corrected chi connectivity index (χ4v) is 2.92. The van der Waals surface area contributed by atoms with Gasteiger partial charge in [-0.3, -0.25) is 4.79 Å². The van der Waals surface area contributed by atoms with E-state index >= 15 is 0 Å². The molecule has 1 aliphatic carbocycles. The lowest BCUT2D eigenvalue weighted by molar-refractivity contribution is -0.114. The number of rotatable bonds is 9. The fourth-order valence-electron chi connectivity index (χ4n) is 2.92. The van der Waals surface area contributed by atoms with Gasteiger partial charge in [-0.25, -0.2) is 15.0 Å². The van der Waals surface area contributed by atoms with E-state index in [1.165, 1.54) is 13.1 Å². The van der Waals surface area contributed by atoms with Crippen LogP contribution in [0.4, 0.5) is 26.1 Å². The third-order valence-corrected chi connectivity index (χ3v) is 4.62. The number of carbonyl (C=O) groups excluding carboxylic acids is 1. The van der Waals surface area contributed by atoms with Crippen molar-refractivity contribution in [3.63, 3.8) is 0 Å². The van der Waals surface area contributed by atoms with Gasteiger partial charge in [0.15, 0.2) is 5.75 Å². The van der Waals surface area contributed by atoms with Gasteiger partial charge >= 0.3 is 5.92 Å². The summed E-state index contributed by atoms with van der Waals surface area (Å²) in [5.74, 6) is -3.16. The molecule has 0 aromatic carbocycles. The molecule has 1 amide bonds. The fraction of sp³-hybridized carbons (Fsp3) is 0.500. The topological polar surface area (TPSA) is 98.3 Å². The summed E-state index contributed by atoms with van der Waals surface area (Å²) in [5.41, 5.74) is 0.802. The summed E-state index contributed by atoms with van der Waals surface area (Å²) in [6.07, 6.45) is 3.47. The highest BCUT2D eigenvalue weighted by Crippen LogP contribution is 2.46. The molecule has 2 N–H and O–H groups in total. The van der Waals surface area contributed by atoms with Crippen molar-refractivity contribution in [3.05, 3.63) is 29.8 Å². The van der Waals surface area contributed by atoms with Gasteiger partial charge < -0.3 is 20.1 Å². The second-order valence-corrected chi connectivity index (χ2v) is 7.70. The molecule has 10 heteroatoms. The highest BCUT2D eigenvalue weighted by Gasteiger charge is 2.43. The predicted octanol–water partition coefficient (Wildman–Crippen LogP) is 3.80. The van der Waals surface area contributed by atoms with Gasteiger partial charge in [-0.05, 0) is 19.8 Å². The molecule has 2 aromatic heterocycles. The molecule has 0 bridgehead atoms. The lowest BCUT2D eigenvalue weighted by Gasteiger charge is -2.19. The highest BCUT2D eigenvalue weighted by atomic mass is 19.3. The number of methoxy groups -OCH3 is 1. The van der Waals surface area contributed by atoms with Crippen LogP contribution in [0.25, 0.3) is 0 Å². The minimum absolute atomic E-state index is 0.0226. The molecular formula is C20H25F2N5O3. The number of nitrogens with zero attached hydrogens (tertiary/aromatic N) is 3. The van der Waals surface area contributed by atoms with Crippen LogP contribution in [-0.2, 0) is 15.5 Å². The summed E-state index contributed by atoms with van der Waals surface area (Å²) < 4.78 is 38.7. The van der Waals surface area contributed by atoms with Crippen molar-refractivity contribution >= 4 is 23.2 Å². The number of amides is 1. The molecule has 1 fully saturated rings. The molecular weight excluding hydrogens is 396 g/mol. The molecule has 0 unspecified atom stereocenters. The highest BCUT2D eigenvalue weighted by molar-refractivity contribution is 5.88. The molecule has 0 atom stereocenters. The summed E-state index contributed by atoms with van der Waals surface area (Å²) in [7, 11) is 1.65. The lowest BCUT2D eigenvalue weighted by Crippen LogP contribution is -2.19. The van der Waals surface area contributed by atoms with E-state index in [0.29, 0.717) is 36.2 Å². The molecule has 0 spiro atoms. The van der Waals surface area contributed by atoms with Crippen LogP contribution < -0.4 is 15.4 Å². The van der Waals surface area contributed by atoms with Gasteiger partial charge in [0.1, 0.15) is 11.6 Å². The molecule has 3 rings (SSSR count). The van der Waals surface area contributed by atoms with Crippen LogP contribution in [-0.4, -0.2) is 41.2 Å². The quantitative estimate of drug-likeness (QED) is 0.635. The molecule has 30 heavy (non-hydrogen) atoms. The minimum atomic E-state index is -3.18. The third-order valence-electron chi connectivity index (χ3n) is 4.62. The van der Waals surface area contributed by atoms with Crippen LogP contribution in [0.3, 0.4) is 0 Å². The van der Waals surface area contributed by atoms with Gasteiger partial charge in [-0.15, -0.1) is 0 Å². The van der Waals surface area contributed by atoms with E-state index in [4.69, 9.17) is 9.47 Å². The first kappa shape index (κ1) is 21.8. The van der Waals surface area contributed by atoms with E-state index in [1.807, 2.05) is 0 Å². The number of pyridine rings is 1. The van der Waals surface area contributed by atoms with Crippen molar-refractivity contribution in [1.82, 2.24) is 15.0 Å². The first-order chi connectivity index (χ1) is 14.1. The number of aromatic nitrogens is 3. The van der Waals surface area contributed by atoms with Crippen LogP contribution in [0, 0.1) is 12.3 Å². The summed E-state index contributed by atoms with van der Waals surface area (Å²) >= 11 is 0. The maximum atomic E-state index is 13.7. The van der Waals surface area contributed by atoms with E-state index in [1.54, 1.807) is 26.2 Å². The van der Waals surface area contributed by atoms with E-state index in [0.717, 1.165) is 19.8 Å². The van der Waals surface area contributed by atoms with Crippen molar-refractivity contribution in [2.45, 2.75) is 39.5 Å². The van der Waals surface area contributed by atoms with E-state index in [2.05, 4.69) is 25.6 Å². The Kier molecular flexibility index (Phi) is 6.16. The third kappa shape index (κ3) is 5.59. The molecule has 2 heterocycles. The number of halogens is 2. The number of hydrogen-bond donors (Lipinski definition) is 2. The summed E-state index contributed by atoms with van der Waals surface area (Å²) in [5, 5.41) is 5.59. The van der Waals surface area contributed by atoms with Crippen LogP contribution in [0.15, 0.2) is 18.3 Å². The summed E-state index contributed by atoms with van der Waals surface area (Å²) in [6, 6.07) is 3.11. The summed E-state index contributed by atoms with van der Waals surface area (Å²) in [4.78, 5) is 23.3. The van der Waals surface area contributed by atoms with Crippen LogP contribution in [0.5, 0.6) is 5.75 Å². The van der Waals surface area contributed by atoms with Crippen molar-refractivity contribution in [2.75, 3.05) is 31.0 Å². The Labute approximate surface area is 173 Å². The van der Waals surface area contributed by atoms with Crippen molar-refractivity contribution in [3.8, 4) is 5.75 Å². The van der Waals surface area contributed by atoms with Crippen LogP contribution in [0.1, 0.15) is 38.2 Å². The number of aryl methyl sites for hydroxylation is 1. The number of carbonyl (C=O) groups is 1. The first-order valence-corrected chi connectivity index (χ1v) is 9.51. The van der Waals surface area contributed by atoms with E-state index in [-0.39, 0.29) is 17.1 Å². The zero-order valence-corrected chi connectivity index (χ0v) is 17.4. The van der Waals surface area contributed by atoms with Gasteiger partial charge in [0.05, 0.1) is 25.1 Å². The predicted molar refractivity (Wildman–Crippen MR) is 107 cm³/mol. The molecule has 0 aliphatic heterocycles. The van der Waals surface area contributed by atoms with E-state index in [9.17, 15) is 13.6 Å². The number of nitrogens with one attached hydrogen (secondary N) is 2. The van der Waals surface area contributed by atoms with Crippen molar-refractivity contribution in [1.29, 1.82) is 0 Å². The molecule has 0 saturated heterocycles. The summed E-state index contributed by atoms with van der Waals surface area (Å²) in [6.45, 7) is 4.73. The smallest absolute Gasteiger partial charge is 0.303 e. The molecule has 0 radical (unpaired) electrons. The average Bonchev–Trinajstić information content (AvgIpc) is 3.39. The Bertz CT molecular complexity index is 929. The Morgan fingerprint density at radius 2 is 1.97 bits per heavy atom. The van der Waals surface area contributed by atoms with Gasteiger partial charge in [-0.2, -0.15) is 8.78 Å². The standard InChI is InChI=1S/C20H25F2N5O3/c1-12-7-17(27-18(24-12)19(3,21)22)26-14-8-16(25-13(2)28)23-9-15(14)30-11-20(5-6-20)10-29-4/h7-9H,5-6,10-11H2,1-4H3,(H2,23,24,25,26,27,28). The molecule has 1 aliphatic rings. The molecule has 1 saturated carbocycles. The van der Waals surface area contributed by atoms with Gasteiger partial charge in [0, 0.05) is 44.2 Å². The normalized spacial score (nSPS) is 14.9. The van der Waals surface area contributed by atoms with E-state index < -0.39 is 11.7 Å². The van der Waals surface area contributed by atoms with Crippen molar-refractivity contribution < 1.29 is 23.0 Å². The Hall–Kier alpha value is -2.88. The Balaban J connectivity index is 1.89. The minimum Gasteiger partial charge on any atom is -0.489 e. The lowest BCUT2D eigenvalue weighted by atomic mass is 10.1. The molecule has 162 valence electrons. The van der Waals surface area contributed by atoms with Crippen molar-refractivity contribution in [2.24, 2.45) is 5.41 Å². The maximum absolute atomic E-state index is 13.7. The molecule has 8 nitrogen and oxygen atoms in total. The Morgan fingerprint density at radius 3 is 2.57 bits per heavy atom. The number of ether oxygens (including phenoxy) is 2. The van der Waals surface area contributed by atoms with Gasteiger partial charge in [0.25, 0.3) is 0 Å². The number of hydrogen-bond acceptors (Lipinski definition) is 7.